The summed E-state index contributed by atoms with van der Waals surface area (Å²) in [6.45, 7) is 3.45. The summed E-state index contributed by atoms with van der Waals surface area (Å²) in [5.41, 5.74) is 0. The van der Waals surface area contributed by atoms with Crippen molar-refractivity contribution in [2.45, 2.75) is 12.2 Å². The number of rotatable bonds is 1. The minimum Gasteiger partial charge on any atom is -0.465 e. The molecule has 0 unspecified atom stereocenters. The SMILES string of the molecule is O=C(O)N1CC(N2CCNC[C@H](F)C2)C1. The lowest BCUT2D eigenvalue weighted by Gasteiger charge is -2.43. The number of carbonyl (C=O) groups is 1. The molecule has 0 aromatic rings. The monoisotopic (exact) mass is 217 g/mol. The Hall–Kier alpha value is -0.880. The Morgan fingerprint density at radius 3 is 2.80 bits per heavy atom. The van der Waals surface area contributed by atoms with E-state index in [-0.39, 0.29) is 6.04 Å². The van der Waals surface area contributed by atoms with Crippen LogP contribution < -0.4 is 5.32 Å². The first-order valence-electron chi connectivity index (χ1n) is 5.23. The van der Waals surface area contributed by atoms with Gasteiger partial charge in [-0.3, -0.25) is 4.90 Å². The Morgan fingerprint density at radius 1 is 1.40 bits per heavy atom. The molecule has 0 bridgehead atoms. The predicted octanol–water partition coefficient (Wildman–Crippen LogP) is -0.408. The summed E-state index contributed by atoms with van der Waals surface area (Å²) >= 11 is 0. The number of hydrogen-bond acceptors (Lipinski definition) is 3. The third-order valence-electron chi connectivity index (χ3n) is 3.02. The number of likely N-dealkylation sites (tertiary alicyclic amines) is 1. The van der Waals surface area contributed by atoms with Gasteiger partial charge in [-0.15, -0.1) is 0 Å². The largest absolute Gasteiger partial charge is 0.465 e. The van der Waals surface area contributed by atoms with Crippen LogP contribution in [0.3, 0.4) is 0 Å². The number of halogens is 1. The average Bonchev–Trinajstić information content (AvgIpc) is 2.26. The molecular weight excluding hydrogens is 201 g/mol. The summed E-state index contributed by atoms with van der Waals surface area (Å²) in [5, 5.41) is 11.7. The first-order chi connectivity index (χ1) is 7.16. The summed E-state index contributed by atoms with van der Waals surface area (Å²) < 4.78 is 13.2. The van der Waals surface area contributed by atoms with Crippen molar-refractivity contribution in [3.8, 4) is 0 Å². The highest BCUT2D eigenvalue weighted by molar-refractivity contribution is 5.66. The fourth-order valence-corrected chi connectivity index (χ4v) is 2.07. The molecule has 2 N–H and O–H groups in total. The van der Waals surface area contributed by atoms with Gasteiger partial charge in [0.2, 0.25) is 0 Å². The third kappa shape index (κ3) is 2.38. The molecule has 2 rings (SSSR count). The van der Waals surface area contributed by atoms with Crippen molar-refractivity contribution in [2.24, 2.45) is 0 Å². The van der Waals surface area contributed by atoms with Crippen molar-refractivity contribution in [1.29, 1.82) is 0 Å². The molecule has 15 heavy (non-hydrogen) atoms. The molecule has 0 spiro atoms. The summed E-state index contributed by atoms with van der Waals surface area (Å²) in [4.78, 5) is 14.0. The van der Waals surface area contributed by atoms with Crippen LogP contribution in [0.1, 0.15) is 0 Å². The van der Waals surface area contributed by atoms with Crippen LogP contribution in [0.5, 0.6) is 0 Å². The predicted molar refractivity (Wildman–Crippen MR) is 52.7 cm³/mol. The Balaban J connectivity index is 1.81. The first kappa shape index (κ1) is 10.6. The highest BCUT2D eigenvalue weighted by Crippen LogP contribution is 2.16. The smallest absolute Gasteiger partial charge is 0.407 e. The van der Waals surface area contributed by atoms with Crippen molar-refractivity contribution >= 4 is 6.09 Å². The third-order valence-corrected chi connectivity index (χ3v) is 3.02. The zero-order valence-electron chi connectivity index (χ0n) is 8.53. The van der Waals surface area contributed by atoms with Gasteiger partial charge in [-0.25, -0.2) is 9.18 Å². The number of amides is 1. The number of hydrogen-bond donors (Lipinski definition) is 2. The highest BCUT2D eigenvalue weighted by Gasteiger charge is 2.35. The van der Waals surface area contributed by atoms with Crippen LogP contribution in [0.2, 0.25) is 0 Å². The van der Waals surface area contributed by atoms with Gasteiger partial charge in [-0.2, -0.15) is 0 Å². The number of nitrogens with zero attached hydrogens (tertiary/aromatic N) is 2. The van der Waals surface area contributed by atoms with Gasteiger partial charge in [0.1, 0.15) is 6.17 Å². The van der Waals surface area contributed by atoms with E-state index in [9.17, 15) is 9.18 Å². The van der Waals surface area contributed by atoms with E-state index in [2.05, 4.69) is 5.32 Å². The molecule has 1 amide bonds. The maximum absolute atomic E-state index is 13.2. The molecular formula is C9H16FN3O2. The van der Waals surface area contributed by atoms with Gasteiger partial charge < -0.3 is 15.3 Å². The Bertz CT molecular complexity index is 246. The molecule has 2 aliphatic heterocycles. The molecule has 86 valence electrons. The summed E-state index contributed by atoms with van der Waals surface area (Å²) in [5.74, 6) is 0. The molecule has 2 aliphatic rings. The molecule has 0 saturated carbocycles. The summed E-state index contributed by atoms with van der Waals surface area (Å²) in [7, 11) is 0. The van der Waals surface area contributed by atoms with Crippen LogP contribution in [-0.4, -0.2) is 72.5 Å². The fourth-order valence-electron chi connectivity index (χ4n) is 2.07. The zero-order chi connectivity index (χ0) is 10.8. The molecule has 2 heterocycles. The number of carboxylic acid groups (broad SMARTS) is 1. The van der Waals surface area contributed by atoms with E-state index in [1.165, 1.54) is 4.90 Å². The van der Waals surface area contributed by atoms with Gasteiger partial charge in [0.25, 0.3) is 0 Å². The fraction of sp³-hybridized carbons (Fsp3) is 0.889. The number of alkyl halides is 1. The number of nitrogens with one attached hydrogen (secondary N) is 1. The summed E-state index contributed by atoms with van der Waals surface area (Å²) in [6.07, 6.45) is -1.72. The van der Waals surface area contributed by atoms with Crippen molar-refractivity contribution in [3.05, 3.63) is 0 Å². The van der Waals surface area contributed by atoms with E-state index >= 15 is 0 Å². The lowest BCUT2D eigenvalue weighted by molar-refractivity contribution is 0.0316. The Morgan fingerprint density at radius 2 is 2.13 bits per heavy atom. The van der Waals surface area contributed by atoms with Crippen LogP contribution in [0, 0.1) is 0 Å². The molecule has 5 nitrogen and oxygen atoms in total. The van der Waals surface area contributed by atoms with Gasteiger partial charge in [0.15, 0.2) is 0 Å². The van der Waals surface area contributed by atoms with Crippen molar-refractivity contribution in [1.82, 2.24) is 15.1 Å². The molecule has 0 aliphatic carbocycles. The maximum atomic E-state index is 13.2. The minimum atomic E-state index is -0.879. The zero-order valence-corrected chi connectivity index (χ0v) is 8.53. The molecule has 2 fully saturated rings. The van der Waals surface area contributed by atoms with E-state index in [4.69, 9.17) is 5.11 Å². The van der Waals surface area contributed by atoms with E-state index in [0.717, 1.165) is 13.1 Å². The molecule has 0 radical (unpaired) electrons. The van der Waals surface area contributed by atoms with Gasteiger partial charge in [0, 0.05) is 45.3 Å². The second-order valence-corrected chi connectivity index (χ2v) is 4.14. The van der Waals surface area contributed by atoms with E-state index in [1.807, 2.05) is 4.90 Å². The van der Waals surface area contributed by atoms with E-state index in [0.29, 0.717) is 26.2 Å². The molecule has 2 saturated heterocycles. The van der Waals surface area contributed by atoms with Crippen molar-refractivity contribution in [3.63, 3.8) is 0 Å². The lowest BCUT2D eigenvalue weighted by Crippen LogP contribution is -2.61. The van der Waals surface area contributed by atoms with Gasteiger partial charge in [-0.05, 0) is 0 Å². The van der Waals surface area contributed by atoms with Gasteiger partial charge in [0.05, 0.1) is 0 Å². The van der Waals surface area contributed by atoms with Crippen molar-refractivity contribution in [2.75, 3.05) is 39.3 Å². The van der Waals surface area contributed by atoms with E-state index < -0.39 is 12.3 Å². The van der Waals surface area contributed by atoms with Crippen LogP contribution in [-0.2, 0) is 0 Å². The van der Waals surface area contributed by atoms with Crippen LogP contribution >= 0.6 is 0 Å². The second-order valence-electron chi connectivity index (χ2n) is 4.14. The van der Waals surface area contributed by atoms with Gasteiger partial charge >= 0.3 is 6.09 Å². The minimum absolute atomic E-state index is 0.208. The molecule has 0 aromatic heterocycles. The van der Waals surface area contributed by atoms with E-state index in [1.54, 1.807) is 0 Å². The molecule has 1 atom stereocenters. The summed E-state index contributed by atoms with van der Waals surface area (Å²) in [6, 6.07) is 0.208. The quantitative estimate of drug-likeness (QED) is 0.627. The standard InChI is InChI=1S/C9H16FN3O2/c10-7-3-11-1-2-12(4-7)8-5-13(6-8)9(14)15/h7-8,11H,1-6H2,(H,14,15)/t7-/m0/s1. The maximum Gasteiger partial charge on any atom is 0.407 e. The average molecular weight is 217 g/mol. The topological polar surface area (TPSA) is 55.8 Å². The normalized spacial score (nSPS) is 29.7. The first-order valence-corrected chi connectivity index (χ1v) is 5.23. The lowest BCUT2D eigenvalue weighted by atomic mass is 10.1. The molecule has 0 aromatic carbocycles. The second kappa shape index (κ2) is 4.32. The Labute approximate surface area is 87.8 Å². The van der Waals surface area contributed by atoms with Crippen LogP contribution in [0.25, 0.3) is 0 Å². The molecule has 6 heteroatoms. The van der Waals surface area contributed by atoms with Crippen LogP contribution in [0.4, 0.5) is 9.18 Å². The highest BCUT2D eigenvalue weighted by atomic mass is 19.1. The van der Waals surface area contributed by atoms with Crippen LogP contribution in [0.15, 0.2) is 0 Å². The Kier molecular flexibility index (Phi) is 3.06. The van der Waals surface area contributed by atoms with Crippen molar-refractivity contribution < 1.29 is 14.3 Å². The van der Waals surface area contributed by atoms with Gasteiger partial charge in [-0.1, -0.05) is 0 Å².